The Balaban J connectivity index is 1.35. The third-order valence-electron chi connectivity index (χ3n) is 6.58. The van der Waals surface area contributed by atoms with E-state index in [1.54, 1.807) is 29.2 Å². The first-order valence-corrected chi connectivity index (χ1v) is 11.8. The van der Waals surface area contributed by atoms with Crippen LogP contribution < -0.4 is 15.8 Å². The summed E-state index contributed by atoms with van der Waals surface area (Å²) < 4.78 is 12.7. The summed E-state index contributed by atoms with van der Waals surface area (Å²) in [6.07, 6.45) is 7.32. The van der Waals surface area contributed by atoms with Crippen LogP contribution in [0.1, 0.15) is 31.7 Å². The second-order valence-electron chi connectivity index (χ2n) is 8.72. The summed E-state index contributed by atoms with van der Waals surface area (Å²) in [5.74, 6) is 0.895. The van der Waals surface area contributed by atoms with Crippen LogP contribution in [0.2, 0.25) is 0 Å². The van der Waals surface area contributed by atoms with Gasteiger partial charge in [-0.3, -0.25) is 9.36 Å². The zero-order valence-corrected chi connectivity index (χ0v) is 18.8. The van der Waals surface area contributed by atoms with Crippen LogP contribution in [0.3, 0.4) is 0 Å². The number of furan rings is 1. The van der Waals surface area contributed by atoms with Gasteiger partial charge in [0.25, 0.3) is 5.56 Å². The Bertz CT molecular complexity index is 1340. The van der Waals surface area contributed by atoms with Gasteiger partial charge in [-0.1, -0.05) is 12.8 Å². The number of hydrogen-bond donors (Lipinski definition) is 1. The van der Waals surface area contributed by atoms with Crippen molar-refractivity contribution in [3.8, 4) is 11.5 Å². The first-order chi connectivity index (χ1) is 16.8. The van der Waals surface area contributed by atoms with Crippen molar-refractivity contribution >= 4 is 28.5 Å². The van der Waals surface area contributed by atoms with Crippen molar-refractivity contribution in [3.63, 3.8) is 0 Å². The molecule has 6 rings (SSSR count). The van der Waals surface area contributed by atoms with Gasteiger partial charge in [0.05, 0.1) is 25.7 Å². The molecule has 174 valence electrons. The summed E-state index contributed by atoms with van der Waals surface area (Å²) in [4.78, 5) is 29.6. The Morgan fingerprint density at radius 3 is 2.53 bits per heavy atom. The van der Waals surface area contributed by atoms with Gasteiger partial charge in [-0.25, -0.2) is 9.97 Å². The van der Waals surface area contributed by atoms with Crippen molar-refractivity contribution in [2.45, 2.75) is 31.7 Å². The molecule has 0 amide bonds. The topological polar surface area (TPSA) is 98.3 Å². The van der Waals surface area contributed by atoms with E-state index in [0.29, 0.717) is 28.6 Å². The lowest BCUT2D eigenvalue weighted by Gasteiger charge is -2.28. The number of nitrogens with one attached hydrogen (secondary N) is 1. The predicted molar refractivity (Wildman–Crippen MR) is 130 cm³/mol. The van der Waals surface area contributed by atoms with E-state index in [9.17, 15) is 4.79 Å². The molecule has 4 aromatic rings. The first-order valence-electron chi connectivity index (χ1n) is 11.8. The molecule has 2 aliphatic rings. The highest BCUT2D eigenvalue weighted by Crippen LogP contribution is 2.31. The highest BCUT2D eigenvalue weighted by atomic mass is 16.5. The summed E-state index contributed by atoms with van der Waals surface area (Å²) in [6, 6.07) is 11.8. The van der Waals surface area contributed by atoms with E-state index in [-0.39, 0.29) is 11.6 Å². The van der Waals surface area contributed by atoms with Crippen molar-refractivity contribution in [2.24, 2.45) is 0 Å². The Morgan fingerprint density at radius 1 is 1.00 bits per heavy atom. The zero-order valence-electron chi connectivity index (χ0n) is 18.8. The number of fused-ring (bicyclic) bond motifs is 1. The third kappa shape index (κ3) is 3.92. The summed E-state index contributed by atoms with van der Waals surface area (Å²) in [6.45, 7) is 3.30. The van der Waals surface area contributed by atoms with Gasteiger partial charge in [0.15, 0.2) is 17.1 Å². The largest absolute Gasteiger partial charge is 0.463 e. The Morgan fingerprint density at radius 2 is 1.79 bits per heavy atom. The molecule has 1 saturated carbocycles. The van der Waals surface area contributed by atoms with Crippen molar-refractivity contribution in [3.05, 3.63) is 59.2 Å². The van der Waals surface area contributed by atoms with Gasteiger partial charge < -0.3 is 19.4 Å². The van der Waals surface area contributed by atoms with Crippen LogP contribution in [-0.2, 0) is 4.74 Å². The molecule has 0 unspecified atom stereocenters. The van der Waals surface area contributed by atoms with Gasteiger partial charge in [-0.15, -0.1) is 0 Å². The summed E-state index contributed by atoms with van der Waals surface area (Å²) in [5, 5.41) is 3.28. The molecule has 1 aliphatic heterocycles. The fourth-order valence-electron chi connectivity index (χ4n) is 4.84. The van der Waals surface area contributed by atoms with E-state index in [0.717, 1.165) is 63.4 Å². The van der Waals surface area contributed by atoms with E-state index < -0.39 is 0 Å². The molecular weight excluding hydrogens is 432 g/mol. The van der Waals surface area contributed by atoms with Crippen LogP contribution in [0.4, 0.5) is 17.3 Å². The number of aromatic nitrogens is 4. The molecule has 1 saturated heterocycles. The maximum Gasteiger partial charge on any atom is 0.282 e. The van der Waals surface area contributed by atoms with E-state index in [1.807, 2.05) is 12.1 Å². The second kappa shape index (κ2) is 8.90. The molecule has 0 bridgehead atoms. The van der Waals surface area contributed by atoms with Gasteiger partial charge in [0.2, 0.25) is 5.95 Å². The van der Waals surface area contributed by atoms with Crippen molar-refractivity contribution in [1.82, 2.24) is 19.5 Å². The predicted octanol–water partition coefficient (Wildman–Crippen LogP) is 4.14. The molecule has 1 aliphatic carbocycles. The Kier molecular flexibility index (Phi) is 5.46. The maximum absolute atomic E-state index is 13.5. The van der Waals surface area contributed by atoms with E-state index >= 15 is 0 Å². The maximum atomic E-state index is 13.5. The van der Waals surface area contributed by atoms with Crippen molar-refractivity contribution < 1.29 is 9.15 Å². The summed E-state index contributed by atoms with van der Waals surface area (Å²) >= 11 is 0. The SMILES string of the molecule is O=c1c(-c2ccco2)nc2cnc(Nc3ccc(N4CCOCC4)cc3)nc2n1C1CCCC1. The third-order valence-corrected chi connectivity index (χ3v) is 6.58. The molecule has 0 atom stereocenters. The molecule has 9 nitrogen and oxygen atoms in total. The fraction of sp³-hybridized carbons (Fsp3) is 0.360. The average Bonchev–Trinajstić information content (AvgIpc) is 3.60. The summed E-state index contributed by atoms with van der Waals surface area (Å²) in [7, 11) is 0. The number of anilines is 3. The molecule has 3 aromatic heterocycles. The zero-order chi connectivity index (χ0) is 22.9. The number of ether oxygens (including phenoxy) is 1. The van der Waals surface area contributed by atoms with Gasteiger partial charge in [0.1, 0.15) is 5.52 Å². The number of benzene rings is 1. The van der Waals surface area contributed by atoms with E-state index in [4.69, 9.17) is 14.1 Å². The second-order valence-corrected chi connectivity index (χ2v) is 8.72. The number of nitrogens with zero attached hydrogens (tertiary/aromatic N) is 5. The fourth-order valence-corrected chi connectivity index (χ4v) is 4.84. The van der Waals surface area contributed by atoms with Crippen LogP contribution in [0.5, 0.6) is 0 Å². The van der Waals surface area contributed by atoms with Crippen LogP contribution >= 0.6 is 0 Å². The molecule has 2 fully saturated rings. The average molecular weight is 459 g/mol. The standard InChI is InChI=1S/C25H26N6O3/c32-24-22(21-6-3-13-34-21)28-20-16-26-25(29-23(20)31(24)19-4-1-2-5-19)27-17-7-9-18(10-8-17)30-11-14-33-15-12-30/h3,6-10,13,16,19H,1-2,4-5,11-12,14-15H2,(H,26,27,29). The van der Waals surface area contributed by atoms with Gasteiger partial charge in [0, 0.05) is 30.5 Å². The molecule has 1 N–H and O–H groups in total. The van der Waals surface area contributed by atoms with E-state index in [1.165, 1.54) is 0 Å². The number of rotatable bonds is 5. The lowest BCUT2D eigenvalue weighted by atomic mass is 10.2. The molecule has 34 heavy (non-hydrogen) atoms. The Labute approximate surface area is 196 Å². The van der Waals surface area contributed by atoms with Crippen LogP contribution in [0.15, 0.2) is 58.1 Å². The van der Waals surface area contributed by atoms with Crippen LogP contribution in [-0.4, -0.2) is 45.8 Å². The normalized spacial score (nSPS) is 16.9. The highest BCUT2D eigenvalue weighted by molar-refractivity contribution is 5.74. The van der Waals surface area contributed by atoms with Gasteiger partial charge in [-0.05, 0) is 49.2 Å². The minimum atomic E-state index is -0.172. The molecule has 1 aromatic carbocycles. The molecule has 0 radical (unpaired) electrons. The highest BCUT2D eigenvalue weighted by Gasteiger charge is 2.25. The van der Waals surface area contributed by atoms with Gasteiger partial charge >= 0.3 is 0 Å². The first kappa shape index (κ1) is 20.9. The monoisotopic (exact) mass is 458 g/mol. The van der Waals surface area contributed by atoms with Gasteiger partial charge in [-0.2, -0.15) is 4.98 Å². The quantitative estimate of drug-likeness (QED) is 0.476. The number of hydrogen-bond acceptors (Lipinski definition) is 8. The number of morpholine rings is 1. The summed E-state index contributed by atoms with van der Waals surface area (Å²) in [5.41, 5.74) is 3.30. The minimum absolute atomic E-state index is 0.0993. The molecule has 4 heterocycles. The van der Waals surface area contributed by atoms with E-state index in [2.05, 4.69) is 32.3 Å². The molecule has 9 heteroatoms. The van der Waals surface area contributed by atoms with Crippen LogP contribution in [0.25, 0.3) is 22.6 Å². The van der Waals surface area contributed by atoms with Crippen molar-refractivity contribution in [2.75, 3.05) is 36.5 Å². The van der Waals surface area contributed by atoms with Crippen molar-refractivity contribution in [1.29, 1.82) is 0 Å². The molecule has 0 spiro atoms. The molecular formula is C25H26N6O3. The van der Waals surface area contributed by atoms with Crippen LogP contribution in [0, 0.1) is 0 Å². The minimum Gasteiger partial charge on any atom is -0.463 e. The lowest BCUT2D eigenvalue weighted by molar-refractivity contribution is 0.122. The lowest BCUT2D eigenvalue weighted by Crippen LogP contribution is -2.36. The Hall–Kier alpha value is -3.72. The smallest absolute Gasteiger partial charge is 0.282 e.